The molecule has 0 aliphatic heterocycles. The fraction of sp³-hybridized carbons (Fsp3) is 0.250. The van der Waals surface area contributed by atoms with E-state index in [4.69, 9.17) is 9.84 Å². The fourth-order valence-electron chi connectivity index (χ4n) is 1.54. The third-order valence-electron chi connectivity index (χ3n) is 2.32. The Kier molecular flexibility index (Phi) is 3.88. The number of rotatable bonds is 5. The zero-order valence-corrected chi connectivity index (χ0v) is 10.6. The molecule has 0 atom stereocenters. The molecule has 18 heavy (non-hydrogen) atoms. The summed E-state index contributed by atoms with van der Waals surface area (Å²) in [6.45, 7) is 0. The first-order chi connectivity index (χ1) is 8.69. The van der Waals surface area contributed by atoms with E-state index in [-0.39, 0.29) is 6.42 Å². The molecular formula is C12H12N2O3S. The Morgan fingerprint density at radius 1 is 1.56 bits per heavy atom. The largest absolute Gasteiger partial charge is 0.481 e. The number of carboxylic acid groups (broad SMARTS) is 1. The van der Waals surface area contributed by atoms with Crippen molar-refractivity contribution in [3.63, 3.8) is 0 Å². The minimum atomic E-state index is -0.928. The number of hydrogen-bond donors (Lipinski definition) is 1. The quantitative estimate of drug-likeness (QED) is 0.891. The number of hydrogen-bond acceptors (Lipinski definition) is 5. The van der Waals surface area contributed by atoms with Crippen molar-refractivity contribution in [2.24, 2.45) is 0 Å². The summed E-state index contributed by atoms with van der Waals surface area (Å²) >= 11 is 1.63. The van der Waals surface area contributed by atoms with Gasteiger partial charge in [0, 0.05) is 23.1 Å². The Morgan fingerprint density at radius 3 is 3.00 bits per heavy atom. The molecule has 1 N–H and O–H groups in total. The van der Waals surface area contributed by atoms with E-state index < -0.39 is 5.97 Å². The summed E-state index contributed by atoms with van der Waals surface area (Å²) in [6, 6.07) is 3.97. The van der Waals surface area contributed by atoms with Gasteiger partial charge in [0.25, 0.3) is 0 Å². The van der Waals surface area contributed by atoms with Crippen molar-refractivity contribution in [3.8, 4) is 5.88 Å². The summed E-state index contributed by atoms with van der Waals surface area (Å²) in [4.78, 5) is 20.2. The smallest absolute Gasteiger partial charge is 0.308 e. The molecule has 0 fully saturated rings. The normalized spacial score (nSPS) is 10.3. The lowest BCUT2D eigenvalue weighted by Crippen LogP contribution is -2.06. The van der Waals surface area contributed by atoms with Crippen molar-refractivity contribution in [3.05, 3.63) is 40.0 Å². The van der Waals surface area contributed by atoms with Gasteiger partial charge in [-0.1, -0.05) is 6.07 Å². The molecule has 2 aromatic heterocycles. The Balaban J connectivity index is 2.21. The highest BCUT2D eigenvalue weighted by Gasteiger charge is 2.11. The van der Waals surface area contributed by atoms with Crippen LogP contribution in [0.1, 0.15) is 16.3 Å². The fourth-order valence-corrected chi connectivity index (χ4v) is 2.24. The zero-order chi connectivity index (χ0) is 13.0. The summed E-state index contributed by atoms with van der Waals surface area (Å²) < 4.78 is 5.10. The molecule has 0 spiro atoms. The number of aromatic nitrogens is 2. The summed E-state index contributed by atoms with van der Waals surface area (Å²) in [5.74, 6) is 0.0327. The van der Waals surface area contributed by atoms with Crippen molar-refractivity contribution in [1.29, 1.82) is 0 Å². The topological polar surface area (TPSA) is 72.3 Å². The number of aliphatic carboxylic acids is 1. The molecule has 94 valence electrons. The summed E-state index contributed by atoms with van der Waals surface area (Å²) in [7, 11) is 1.47. The molecule has 5 nitrogen and oxygen atoms in total. The first-order valence-electron chi connectivity index (χ1n) is 5.32. The zero-order valence-electron chi connectivity index (χ0n) is 9.79. The number of methoxy groups -OCH3 is 1. The van der Waals surface area contributed by atoms with Crippen LogP contribution in [0.5, 0.6) is 5.88 Å². The van der Waals surface area contributed by atoms with Crippen LogP contribution < -0.4 is 4.74 Å². The van der Waals surface area contributed by atoms with Crippen LogP contribution in [0, 0.1) is 0 Å². The van der Waals surface area contributed by atoms with Gasteiger partial charge in [0.1, 0.15) is 5.82 Å². The van der Waals surface area contributed by atoms with Crippen molar-refractivity contribution < 1.29 is 14.6 Å². The Hall–Kier alpha value is -1.95. The predicted molar refractivity (Wildman–Crippen MR) is 67.0 cm³/mol. The molecule has 0 aromatic carbocycles. The van der Waals surface area contributed by atoms with Gasteiger partial charge >= 0.3 is 5.97 Å². The molecule has 0 saturated carbocycles. The Labute approximate surface area is 108 Å². The second-order valence-electron chi connectivity index (χ2n) is 3.65. The van der Waals surface area contributed by atoms with Crippen molar-refractivity contribution in [2.75, 3.05) is 7.11 Å². The molecular weight excluding hydrogens is 252 g/mol. The average Bonchev–Trinajstić information content (AvgIpc) is 2.83. The van der Waals surface area contributed by atoms with Gasteiger partial charge in [0.05, 0.1) is 13.5 Å². The van der Waals surface area contributed by atoms with Crippen LogP contribution in [0.4, 0.5) is 0 Å². The molecule has 0 saturated heterocycles. The molecule has 0 amide bonds. The standard InChI is InChI=1S/C12H12N2O3S/c1-17-12-8(5-11(15)16)7-13-10(14-12)6-9-3-2-4-18-9/h2-4,7H,5-6H2,1H3,(H,15,16). The molecule has 2 rings (SSSR count). The van der Waals surface area contributed by atoms with Gasteiger partial charge in [-0.15, -0.1) is 11.3 Å². The van der Waals surface area contributed by atoms with E-state index >= 15 is 0 Å². The predicted octanol–water partition coefficient (Wildman–Crippen LogP) is 1.76. The van der Waals surface area contributed by atoms with Crippen LogP contribution >= 0.6 is 11.3 Å². The molecule has 0 bridgehead atoms. The van der Waals surface area contributed by atoms with Crippen LogP contribution in [-0.2, 0) is 17.6 Å². The van der Waals surface area contributed by atoms with Gasteiger partial charge < -0.3 is 9.84 Å². The summed E-state index contributed by atoms with van der Waals surface area (Å²) in [5, 5.41) is 10.7. The van der Waals surface area contributed by atoms with Crippen molar-refractivity contribution in [2.45, 2.75) is 12.8 Å². The SMILES string of the molecule is COc1nc(Cc2cccs2)ncc1CC(=O)O. The number of carbonyl (C=O) groups is 1. The maximum Gasteiger partial charge on any atom is 0.308 e. The van der Waals surface area contributed by atoms with Crippen molar-refractivity contribution in [1.82, 2.24) is 9.97 Å². The van der Waals surface area contributed by atoms with Crippen LogP contribution in [-0.4, -0.2) is 28.2 Å². The lowest BCUT2D eigenvalue weighted by molar-refractivity contribution is -0.136. The Bertz CT molecular complexity index is 540. The maximum absolute atomic E-state index is 10.7. The van der Waals surface area contributed by atoms with Gasteiger partial charge in [0.15, 0.2) is 0 Å². The van der Waals surface area contributed by atoms with Gasteiger partial charge in [0.2, 0.25) is 5.88 Å². The Morgan fingerprint density at radius 2 is 2.39 bits per heavy atom. The van der Waals surface area contributed by atoms with Gasteiger partial charge in [-0.05, 0) is 11.4 Å². The van der Waals surface area contributed by atoms with Gasteiger partial charge in [-0.3, -0.25) is 4.79 Å². The number of nitrogens with zero attached hydrogens (tertiary/aromatic N) is 2. The van der Waals surface area contributed by atoms with Crippen LogP contribution in [0.15, 0.2) is 23.7 Å². The number of ether oxygens (including phenoxy) is 1. The number of carboxylic acids is 1. The van der Waals surface area contributed by atoms with Gasteiger partial charge in [-0.2, -0.15) is 4.98 Å². The lowest BCUT2D eigenvalue weighted by atomic mass is 10.2. The van der Waals surface area contributed by atoms with E-state index in [1.807, 2.05) is 17.5 Å². The average molecular weight is 264 g/mol. The molecule has 0 radical (unpaired) electrons. The third-order valence-corrected chi connectivity index (χ3v) is 3.20. The highest BCUT2D eigenvalue weighted by molar-refractivity contribution is 7.09. The third kappa shape index (κ3) is 3.04. The lowest BCUT2D eigenvalue weighted by Gasteiger charge is -2.06. The highest BCUT2D eigenvalue weighted by atomic mass is 32.1. The maximum atomic E-state index is 10.7. The second-order valence-corrected chi connectivity index (χ2v) is 4.68. The summed E-state index contributed by atoms with van der Waals surface area (Å²) in [6.07, 6.45) is 2.01. The van der Waals surface area contributed by atoms with E-state index in [1.54, 1.807) is 11.3 Å². The van der Waals surface area contributed by atoms with E-state index in [0.717, 1.165) is 4.88 Å². The van der Waals surface area contributed by atoms with Crippen LogP contribution in [0.2, 0.25) is 0 Å². The molecule has 0 aliphatic carbocycles. The molecule has 2 aromatic rings. The van der Waals surface area contributed by atoms with Crippen LogP contribution in [0.25, 0.3) is 0 Å². The molecule has 2 heterocycles. The van der Waals surface area contributed by atoms with Crippen LogP contribution in [0.3, 0.4) is 0 Å². The first kappa shape index (κ1) is 12.5. The van der Waals surface area contributed by atoms with Crippen molar-refractivity contribution >= 4 is 17.3 Å². The van der Waals surface area contributed by atoms with Gasteiger partial charge in [-0.25, -0.2) is 4.98 Å². The monoisotopic (exact) mass is 264 g/mol. The van der Waals surface area contributed by atoms with E-state index in [2.05, 4.69) is 9.97 Å². The van der Waals surface area contributed by atoms with E-state index in [9.17, 15) is 4.79 Å². The molecule has 0 aliphatic rings. The minimum Gasteiger partial charge on any atom is -0.481 e. The molecule has 6 heteroatoms. The molecule has 0 unspecified atom stereocenters. The second kappa shape index (κ2) is 5.59. The van der Waals surface area contributed by atoms with E-state index in [0.29, 0.717) is 23.7 Å². The first-order valence-corrected chi connectivity index (χ1v) is 6.20. The number of thiophene rings is 1. The minimum absolute atomic E-state index is 0.136. The summed E-state index contributed by atoms with van der Waals surface area (Å²) in [5.41, 5.74) is 0.486. The highest BCUT2D eigenvalue weighted by Crippen LogP contribution is 2.18. The van der Waals surface area contributed by atoms with E-state index in [1.165, 1.54) is 13.3 Å².